The average molecular weight is 362 g/mol. The van der Waals surface area contributed by atoms with Crippen molar-refractivity contribution >= 4 is 5.91 Å². The minimum Gasteiger partial charge on any atom is -0.496 e. The number of carbonyl (C=O) groups is 1. The maximum atomic E-state index is 13.1. The van der Waals surface area contributed by atoms with E-state index < -0.39 is 5.54 Å². The van der Waals surface area contributed by atoms with E-state index in [-0.39, 0.29) is 5.91 Å². The lowest BCUT2D eigenvalue weighted by Gasteiger charge is -2.32. The van der Waals surface area contributed by atoms with E-state index in [2.05, 4.69) is 21.6 Å². The second-order valence-corrected chi connectivity index (χ2v) is 6.86. The Labute approximate surface area is 158 Å². The Morgan fingerprint density at radius 3 is 2.56 bits per heavy atom. The molecule has 0 spiro atoms. The molecular formula is C21H22N4O2. The number of benzene rings is 2. The van der Waals surface area contributed by atoms with Crippen LogP contribution in [0.1, 0.15) is 41.6 Å². The van der Waals surface area contributed by atoms with Crippen LogP contribution in [0.5, 0.6) is 5.75 Å². The third-order valence-corrected chi connectivity index (χ3v) is 5.26. The van der Waals surface area contributed by atoms with Crippen LogP contribution >= 0.6 is 0 Å². The standard InChI is InChI=1S/C21H22N4O2/c1-27-19-10-3-2-9-18(19)21(11-4-5-12-21)24-20(26)16-7-6-8-17(13-16)25-14-22-23-15-25/h2-3,6-10,13-15H,4-5,11-12H2,1H3,(H,24,26). The van der Waals surface area contributed by atoms with Crippen LogP contribution in [-0.4, -0.2) is 27.8 Å². The Morgan fingerprint density at radius 1 is 1.07 bits per heavy atom. The van der Waals surface area contributed by atoms with E-state index in [9.17, 15) is 4.79 Å². The summed E-state index contributed by atoms with van der Waals surface area (Å²) < 4.78 is 7.35. The molecule has 1 aromatic heterocycles. The number of hydrogen-bond donors (Lipinski definition) is 1. The van der Waals surface area contributed by atoms with Gasteiger partial charge in [-0.2, -0.15) is 0 Å². The third kappa shape index (κ3) is 3.30. The Bertz CT molecular complexity index is 931. The van der Waals surface area contributed by atoms with Crippen molar-refractivity contribution in [2.45, 2.75) is 31.2 Å². The van der Waals surface area contributed by atoms with E-state index in [1.807, 2.05) is 42.5 Å². The number of ether oxygens (including phenoxy) is 1. The number of amides is 1. The van der Waals surface area contributed by atoms with Gasteiger partial charge in [0, 0.05) is 16.8 Å². The zero-order valence-corrected chi connectivity index (χ0v) is 15.3. The summed E-state index contributed by atoms with van der Waals surface area (Å²) in [5.74, 6) is 0.732. The zero-order valence-electron chi connectivity index (χ0n) is 15.3. The summed E-state index contributed by atoms with van der Waals surface area (Å²) in [5.41, 5.74) is 2.12. The maximum absolute atomic E-state index is 13.1. The predicted molar refractivity (Wildman–Crippen MR) is 102 cm³/mol. The highest BCUT2D eigenvalue weighted by molar-refractivity contribution is 5.95. The van der Waals surface area contributed by atoms with Crippen molar-refractivity contribution in [1.82, 2.24) is 20.1 Å². The van der Waals surface area contributed by atoms with Gasteiger partial charge in [0.2, 0.25) is 0 Å². The molecule has 0 aliphatic heterocycles. The quantitative estimate of drug-likeness (QED) is 0.754. The van der Waals surface area contributed by atoms with Gasteiger partial charge in [-0.15, -0.1) is 10.2 Å². The molecule has 0 saturated heterocycles. The van der Waals surface area contributed by atoms with Gasteiger partial charge in [0.05, 0.1) is 12.6 Å². The van der Waals surface area contributed by atoms with E-state index in [1.54, 1.807) is 24.3 Å². The highest BCUT2D eigenvalue weighted by atomic mass is 16.5. The number of methoxy groups -OCH3 is 1. The van der Waals surface area contributed by atoms with Gasteiger partial charge in [-0.25, -0.2) is 0 Å². The largest absolute Gasteiger partial charge is 0.496 e. The number of rotatable bonds is 5. The highest BCUT2D eigenvalue weighted by Crippen LogP contribution is 2.42. The number of nitrogens with zero attached hydrogens (tertiary/aromatic N) is 3. The van der Waals surface area contributed by atoms with Gasteiger partial charge in [0.1, 0.15) is 18.4 Å². The van der Waals surface area contributed by atoms with E-state index in [4.69, 9.17) is 4.74 Å². The van der Waals surface area contributed by atoms with E-state index in [0.29, 0.717) is 5.56 Å². The Balaban J connectivity index is 1.65. The first-order valence-corrected chi connectivity index (χ1v) is 9.13. The normalized spacial score (nSPS) is 15.4. The Kier molecular flexibility index (Phi) is 4.62. The van der Waals surface area contributed by atoms with Crippen LogP contribution in [0.15, 0.2) is 61.2 Å². The fraction of sp³-hybridized carbons (Fsp3) is 0.286. The molecule has 0 bridgehead atoms. The lowest BCUT2D eigenvalue weighted by molar-refractivity contribution is 0.0897. The van der Waals surface area contributed by atoms with E-state index >= 15 is 0 Å². The smallest absolute Gasteiger partial charge is 0.252 e. The van der Waals surface area contributed by atoms with Gasteiger partial charge in [0.15, 0.2) is 0 Å². The molecule has 6 heteroatoms. The van der Waals surface area contributed by atoms with Crippen molar-refractivity contribution in [3.05, 3.63) is 72.3 Å². The Morgan fingerprint density at radius 2 is 1.81 bits per heavy atom. The van der Waals surface area contributed by atoms with Crippen LogP contribution in [0.2, 0.25) is 0 Å². The van der Waals surface area contributed by atoms with Crippen LogP contribution in [0, 0.1) is 0 Å². The second-order valence-electron chi connectivity index (χ2n) is 6.86. The summed E-state index contributed by atoms with van der Waals surface area (Å²) in [6.45, 7) is 0. The molecular weight excluding hydrogens is 340 g/mol. The molecule has 6 nitrogen and oxygen atoms in total. The molecule has 27 heavy (non-hydrogen) atoms. The van der Waals surface area contributed by atoms with Crippen LogP contribution in [0.3, 0.4) is 0 Å². The van der Waals surface area contributed by atoms with Gasteiger partial charge in [0.25, 0.3) is 5.91 Å². The number of para-hydroxylation sites is 1. The van der Waals surface area contributed by atoms with Gasteiger partial charge in [-0.3, -0.25) is 9.36 Å². The summed E-state index contributed by atoms with van der Waals surface area (Å²) in [6, 6.07) is 15.4. The van der Waals surface area contributed by atoms with Crippen molar-refractivity contribution in [1.29, 1.82) is 0 Å². The van der Waals surface area contributed by atoms with Crippen molar-refractivity contribution in [3.63, 3.8) is 0 Å². The summed E-state index contributed by atoms with van der Waals surface area (Å²) in [4.78, 5) is 13.1. The molecule has 3 aromatic rings. The molecule has 138 valence electrons. The average Bonchev–Trinajstić information content (AvgIpc) is 3.41. The minimum absolute atomic E-state index is 0.0854. The molecule has 4 rings (SSSR count). The van der Waals surface area contributed by atoms with Gasteiger partial charge < -0.3 is 10.1 Å². The van der Waals surface area contributed by atoms with Crippen molar-refractivity contribution < 1.29 is 9.53 Å². The number of aromatic nitrogens is 3. The second kappa shape index (κ2) is 7.23. The fourth-order valence-corrected chi connectivity index (χ4v) is 3.91. The molecule has 1 N–H and O–H groups in total. The summed E-state index contributed by atoms with van der Waals surface area (Å²) in [6.07, 6.45) is 7.21. The molecule has 1 aliphatic rings. The van der Waals surface area contributed by atoms with Crippen molar-refractivity contribution in [2.24, 2.45) is 0 Å². The Hall–Kier alpha value is -3.15. The number of nitrogens with one attached hydrogen (secondary N) is 1. The summed E-state index contributed by atoms with van der Waals surface area (Å²) in [7, 11) is 1.67. The zero-order chi connectivity index (χ0) is 18.7. The van der Waals surface area contributed by atoms with Gasteiger partial charge in [-0.05, 0) is 37.1 Å². The molecule has 1 aliphatic carbocycles. The molecule has 1 amide bonds. The van der Waals surface area contributed by atoms with Crippen LogP contribution in [0.25, 0.3) is 5.69 Å². The molecule has 1 saturated carbocycles. The topological polar surface area (TPSA) is 69.0 Å². The maximum Gasteiger partial charge on any atom is 0.252 e. The monoisotopic (exact) mass is 362 g/mol. The molecule has 1 heterocycles. The third-order valence-electron chi connectivity index (χ3n) is 5.26. The van der Waals surface area contributed by atoms with Crippen LogP contribution < -0.4 is 10.1 Å². The minimum atomic E-state index is -0.393. The SMILES string of the molecule is COc1ccccc1C1(NC(=O)c2cccc(-n3cnnc3)c2)CCCC1. The molecule has 2 aromatic carbocycles. The highest BCUT2D eigenvalue weighted by Gasteiger charge is 2.39. The first-order chi connectivity index (χ1) is 13.2. The number of hydrogen-bond acceptors (Lipinski definition) is 4. The molecule has 0 unspecified atom stereocenters. The van der Waals surface area contributed by atoms with Crippen LogP contribution in [-0.2, 0) is 5.54 Å². The first kappa shape index (κ1) is 17.3. The molecule has 1 fully saturated rings. The van der Waals surface area contributed by atoms with E-state index in [0.717, 1.165) is 42.7 Å². The molecule has 0 atom stereocenters. The van der Waals surface area contributed by atoms with Gasteiger partial charge in [-0.1, -0.05) is 37.1 Å². The predicted octanol–water partition coefficient (Wildman–Crippen LogP) is 3.48. The number of carbonyl (C=O) groups excluding carboxylic acids is 1. The lowest BCUT2D eigenvalue weighted by atomic mass is 9.87. The van der Waals surface area contributed by atoms with Crippen molar-refractivity contribution in [3.8, 4) is 11.4 Å². The lowest BCUT2D eigenvalue weighted by Crippen LogP contribution is -2.44. The summed E-state index contributed by atoms with van der Waals surface area (Å²) in [5, 5.41) is 11.0. The first-order valence-electron chi connectivity index (χ1n) is 9.13. The molecule has 0 radical (unpaired) electrons. The fourth-order valence-electron chi connectivity index (χ4n) is 3.91. The summed E-state index contributed by atoms with van der Waals surface area (Å²) >= 11 is 0. The van der Waals surface area contributed by atoms with Crippen molar-refractivity contribution in [2.75, 3.05) is 7.11 Å². The van der Waals surface area contributed by atoms with Gasteiger partial charge >= 0.3 is 0 Å². The van der Waals surface area contributed by atoms with E-state index in [1.165, 1.54) is 0 Å². The van der Waals surface area contributed by atoms with Crippen LogP contribution in [0.4, 0.5) is 0 Å².